The Labute approximate surface area is 136 Å². The highest BCUT2D eigenvalue weighted by molar-refractivity contribution is 6.32. The number of aliphatic hydroxyl groups is 1. The van der Waals surface area contributed by atoms with Crippen LogP contribution in [0.15, 0.2) is 30.5 Å². The van der Waals surface area contributed by atoms with E-state index in [0.29, 0.717) is 18.6 Å². The van der Waals surface area contributed by atoms with E-state index < -0.39 is 0 Å². The number of pyridine rings is 1. The Morgan fingerprint density at radius 3 is 2.73 bits per heavy atom. The molecule has 0 bridgehead atoms. The van der Waals surface area contributed by atoms with Crippen LogP contribution in [0.25, 0.3) is 10.9 Å². The molecule has 1 N–H and O–H groups in total. The Balaban J connectivity index is 1.77. The van der Waals surface area contributed by atoms with Crippen molar-refractivity contribution < 1.29 is 5.11 Å². The molecule has 1 aromatic carbocycles. The fourth-order valence-electron chi connectivity index (χ4n) is 3.48. The zero-order valence-corrected chi connectivity index (χ0v) is 13.8. The van der Waals surface area contributed by atoms with E-state index in [0.717, 1.165) is 53.7 Å². The van der Waals surface area contributed by atoms with Crippen molar-refractivity contribution in [2.45, 2.75) is 38.3 Å². The molecule has 1 heterocycles. The van der Waals surface area contributed by atoms with Crippen molar-refractivity contribution >= 4 is 22.5 Å². The Kier molecular flexibility index (Phi) is 4.97. The Morgan fingerprint density at radius 2 is 2.00 bits per heavy atom. The summed E-state index contributed by atoms with van der Waals surface area (Å²) in [5, 5.41) is 11.2. The maximum Gasteiger partial charge on any atom is 0.0761 e. The minimum absolute atomic E-state index is 0.329. The number of halogens is 1. The average molecular weight is 319 g/mol. The largest absolute Gasteiger partial charge is 0.396 e. The highest BCUT2D eigenvalue weighted by Gasteiger charge is 2.24. The van der Waals surface area contributed by atoms with Crippen molar-refractivity contribution in [2.24, 2.45) is 5.92 Å². The molecule has 2 aromatic rings. The lowest BCUT2D eigenvalue weighted by atomic mass is 9.86. The molecular weight excluding hydrogens is 296 g/mol. The number of fused-ring (bicyclic) bond motifs is 1. The molecule has 3 nitrogen and oxygen atoms in total. The van der Waals surface area contributed by atoms with Crippen LogP contribution in [-0.2, 0) is 6.54 Å². The average Bonchev–Trinajstić information content (AvgIpc) is 2.57. The lowest BCUT2D eigenvalue weighted by Gasteiger charge is -2.34. The van der Waals surface area contributed by atoms with Crippen LogP contribution >= 0.6 is 11.6 Å². The highest BCUT2D eigenvalue weighted by Crippen LogP contribution is 2.30. The molecule has 0 unspecified atom stereocenters. The molecule has 4 heteroatoms. The quantitative estimate of drug-likeness (QED) is 0.929. The zero-order chi connectivity index (χ0) is 15.5. The predicted molar refractivity (Wildman–Crippen MR) is 91.1 cm³/mol. The molecule has 0 atom stereocenters. The molecule has 0 saturated heterocycles. The molecule has 0 spiro atoms. The summed E-state index contributed by atoms with van der Waals surface area (Å²) in [6, 6.07) is 8.60. The van der Waals surface area contributed by atoms with Gasteiger partial charge in [-0.25, -0.2) is 0 Å². The van der Waals surface area contributed by atoms with Gasteiger partial charge in [0.2, 0.25) is 0 Å². The monoisotopic (exact) mass is 318 g/mol. The number of benzene rings is 1. The normalized spacial score (nSPS) is 22.4. The standard InChI is InChI=1S/C18H23ClN2O/c1-21(15-7-4-13(12-22)5-8-15)11-16-17(19)9-6-14-3-2-10-20-18(14)16/h2-3,6,9-10,13,15,22H,4-5,7-8,11-12H2,1H3. The van der Waals surface area contributed by atoms with E-state index >= 15 is 0 Å². The number of nitrogens with zero attached hydrogens (tertiary/aromatic N) is 2. The molecular formula is C18H23ClN2O. The Bertz CT molecular complexity index is 638. The topological polar surface area (TPSA) is 36.4 Å². The van der Waals surface area contributed by atoms with Gasteiger partial charge in [0.05, 0.1) is 5.52 Å². The van der Waals surface area contributed by atoms with Gasteiger partial charge in [-0.2, -0.15) is 0 Å². The Hall–Kier alpha value is -1.16. The summed E-state index contributed by atoms with van der Waals surface area (Å²) < 4.78 is 0. The van der Waals surface area contributed by atoms with Crippen LogP contribution in [-0.4, -0.2) is 34.7 Å². The van der Waals surface area contributed by atoms with E-state index in [2.05, 4.69) is 23.0 Å². The van der Waals surface area contributed by atoms with Gasteiger partial charge in [0.15, 0.2) is 0 Å². The molecule has 22 heavy (non-hydrogen) atoms. The second-order valence-corrected chi connectivity index (χ2v) is 6.78. The Morgan fingerprint density at radius 1 is 1.23 bits per heavy atom. The van der Waals surface area contributed by atoms with Crippen molar-refractivity contribution in [2.75, 3.05) is 13.7 Å². The number of hydrogen-bond acceptors (Lipinski definition) is 3. The summed E-state index contributed by atoms with van der Waals surface area (Å²) in [6.45, 7) is 1.15. The van der Waals surface area contributed by atoms with E-state index in [1.807, 2.05) is 24.4 Å². The van der Waals surface area contributed by atoms with Gasteiger partial charge >= 0.3 is 0 Å². The van der Waals surface area contributed by atoms with Crippen molar-refractivity contribution in [1.29, 1.82) is 0 Å². The third-order valence-electron chi connectivity index (χ3n) is 4.93. The first-order valence-electron chi connectivity index (χ1n) is 8.02. The fourth-order valence-corrected chi connectivity index (χ4v) is 3.69. The lowest BCUT2D eigenvalue weighted by Crippen LogP contribution is -2.35. The molecule has 1 saturated carbocycles. The van der Waals surface area contributed by atoms with Gasteiger partial charge in [-0.3, -0.25) is 9.88 Å². The fraction of sp³-hybridized carbons (Fsp3) is 0.500. The smallest absolute Gasteiger partial charge is 0.0761 e. The molecule has 0 aliphatic heterocycles. The van der Waals surface area contributed by atoms with E-state index in [-0.39, 0.29) is 0 Å². The molecule has 118 valence electrons. The van der Waals surface area contributed by atoms with Gasteiger partial charge in [-0.1, -0.05) is 23.7 Å². The summed E-state index contributed by atoms with van der Waals surface area (Å²) in [4.78, 5) is 6.91. The SMILES string of the molecule is CN(Cc1c(Cl)ccc2cccnc12)C1CCC(CO)CC1. The molecule has 3 rings (SSSR count). The summed E-state index contributed by atoms with van der Waals surface area (Å²) in [7, 11) is 2.17. The second kappa shape index (κ2) is 6.95. The number of aromatic nitrogens is 1. The van der Waals surface area contributed by atoms with E-state index in [1.54, 1.807) is 0 Å². The first kappa shape index (κ1) is 15.7. The van der Waals surface area contributed by atoms with Crippen LogP contribution < -0.4 is 0 Å². The van der Waals surface area contributed by atoms with Crippen LogP contribution in [0.1, 0.15) is 31.2 Å². The first-order valence-corrected chi connectivity index (χ1v) is 8.40. The first-order chi connectivity index (χ1) is 10.7. The highest BCUT2D eigenvalue weighted by atomic mass is 35.5. The predicted octanol–water partition coefficient (Wildman–Crippen LogP) is 3.87. The minimum Gasteiger partial charge on any atom is -0.396 e. The summed E-state index contributed by atoms with van der Waals surface area (Å²) in [6.07, 6.45) is 6.36. The number of hydrogen-bond donors (Lipinski definition) is 1. The van der Waals surface area contributed by atoms with Crippen molar-refractivity contribution in [1.82, 2.24) is 9.88 Å². The van der Waals surface area contributed by atoms with E-state index in [1.165, 1.54) is 0 Å². The van der Waals surface area contributed by atoms with Crippen molar-refractivity contribution in [3.8, 4) is 0 Å². The summed E-state index contributed by atoms with van der Waals surface area (Å²) >= 11 is 6.43. The molecule has 1 fully saturated rings. The number of aliphatic hydroxyl groups excluding tert-OH is 1. The second-order valence-electron chi connectivity index (χ2n) is 6.37. The van der Waals surface area contributed by atoms with Gasteiger partial charge in [0.1, 0.15) is 0 Å². The van der Waals surface area contributed by atoms with E-state index in [4.69, 9.17) is 11.6 Å². The van der Waals surface area contributed by atoms with Crippen LogP contribution in [0, 0.1) is 5.92 Å². The molecule has 1 aliphatic carbocycles. The third kappa shape index (κ3) is 3.27. The lowest BCUT2D eigenvalue weighted by molar-refractivity contribution is 0.124. The van der Waals surface area contributed by atoms with Gasteiger partial charge in [-0.05, 0) is 50.8 Å². The number of rotatable bonds is 4. The summed E-state index contributed by atoms with van der Waals surface area (Å²) in [5.74, 6) is 0.493. The zero-order valence-electron chi connectivity index (χ0n) is 13.0. The van der Waals surface area contributed by atoms with Gasteiger partial charge in [-0.15, -0.1) is 0 Å². The van der Waals surface area contributed by atoms with Crippen LogP contribution in [0.4, 0.5) is 0 Å². The van der Waals surface area contributed by atoms with Gasteiger partial charge in [0, 0.05) is 41.4 Å². The maximum absolute atomic E-state index is 9.27. The molecule has 1 aliphatic rings. The molecule has 0 amide bonds. The summed E-state index contributed by atoms with van der Waals surface area (Å²) in [5.41, 5.74) is 2.12. The molecule has 1 aromatic heterocycles. The van der Waals surface area contributed by atoms with E-state index in [9.17, 15) is 5.11 Å². The molecule has 0 radical (unpaired) electrons. The van der Waals surface area contributed by atoms with Crippen LogP contribution in [0.3, 0.4) is 0 Å². The van der Waals surface area contributed by atoms with Crippen molar-refractivity contribution in [3.05, 3.63) is 41.0 Å². The minimum atomic E-state index is 0.329. The maximum atomic E-state index is 9.27. The van der Waals surface area contributed by atoms with Gasteiger partial charge in [0.25, 0.3) is 0 Å². The van der Waals surface area contributed by atoms with Crippen LogP contribution in [0.5, 0.6) is 0 Å². The van der Waals surface area contributed by atoms with Crippen molar-refractivity contribution in [3.63, 3.8) is 0 Å². The van der Waals surface area contributed by atoms with Crippen LogP contribution in [0.2, 0.25) is 5.02 Å². The van der Waals surface area contributed by atoms with Gasteiger partial charge < -0.3 is 5.11 Å². The third-order valence-corrected chi connectivity index (χ3v) is 5.28.